The van der Waals surface area contributed by atoms with Crippen molar-refractivity contribution in [3.8, 4) is 0 Å². The van der Waals surface area contributed by atoms with Crippen molar-refractivity contribution in [1.82, 2.24) is 0 Å². The third-order valence-electron chi connectivity index (χ3n) is 0.436. The molecule has 1 rings (SSSR count). The van der Waals surface area contributed by atoms with Gasteiger partial charge in [0.25, 0.3) is 0 Å². The third-order valence-corrected chi connectivity index (χ3v) is 1.82. The minimum Gasteiger partial charge on any atom is -0.137 e. The molecule has 32 valence electrons. The Kier molecular flexibility index (Phi) is 0.941. The van der Waals surface area contributed by atoms with E-state index in [4.69, 9.17) is 1.37 Å². The quantitative estimate of drug-likeness (QED) is 0.552. The summed E-state index contributed by atoms with van der Waals surface area (Å²) in [5.41, 5.74) is 0. The monoisotopic (exact) mass is 163 g/mol. The molecule has 0 nitrogen and oxygen atoms in total. The molecule has 1 aromatic rings. The van der Waals surface area contributed by atoms with Crippen LogP contribution >= 0.6 is 27.3 Å². The zero-order valence-electron chi connectivity index (χ0n) is 3.94. The van der Waals surface area contributed by atoms with Crippen LogP contribution in [0.4, 0.5) is 0 Å². The van der Waals surface area contributed by atoms with E-state index in [0.29, 0.717) is 6.04 Å². The summed E-state index contributed by atoms with van der Waals surface area (Å²) in [6.45, 7) is 0. The largest absolute Gasteiger partial charge is 0.137 e. The predicted molar refractivity (Wildman–Crippen MR) is 32.0 cm³/mol. The van der Waals surface area contributed by atoms with Gasteiger partial charge < -0.3 is 0 Å². The van der Waals surface area contributed by atoms with Gasteiger partial charge in [-0.15, -0.1) is 11.3 Å². The molecule has 0 aromatic carbocycles. The molecule has 0 bridgehead atoms. The summed E-state index contributed by atoms with van der Waals surface area (Å²) in [7, 11) is 0. The summed E-state index contributed by atoms with van der Waals surface area (Å²) in [5, 5.41) is 1.78. The van der Waals surface area contributed by atoms with Crippen molar-refractivity contribution in [2.75, 3.05) is 0 Å². The Morgan fingerprint density at radius 2 is 2.83 bits per heavy atom. The number of halogens is 1. The maximum atomic E-state index is 7.00. The van der Waals surface area contributed by atoms with E-state index in [1.807, 2.05) is 0 Å². The molecule has 0 radical (unpaired) electrons. The summed E-state index contributed by atoms with van der Waals surface area (Å²) in [6, 6.07) is 2.35. The first kappa shape index (κ1) is 3.22. The molecule has 0 spiro atoms. The Labute approximate surface area is 50.3 Å². The Morgan fingerprint density at radius 1 is 2.00 bits per heavy atom. The molecule has 0 aliphatic rings. The molecule has 0 fully saturated rings. The normalized spacial score (nSPS) is 11.2. The first-order valence-electron chi connectivity index (χ1n) is 1.99. The fourth-order valence-corrected chi connectivity index (χ4v) is 1.02. The minimum absolute atomic E-state index is 0.580. The van der Waals surface area contributed by atoms with Gasteiger partial charge in [0.15, 0.2) is 0 Å². The summed E-state index contributed by atoms with van der Waals surface area (Å²) in [4.78, 5) is 0. The van der Waals surface area contributed by atoms with Gasteiger partial charge in [-0.1, -0.05) is 6.04 Å². The van der Waals surface area contributed by atoms with Gasteiger partial charge in [-0.3, -0.25) is 0 Å². The van der Waals surface area contributed by atoms with Gasteiger partial charge in [0.2, 0.25) is 0 Å². The van der Waals surface area contributed by atoms with Gasteiger partial charge in [-0.05, 0) is 27.4 Å². The van der Waals surface area contributed by atoms with Gasteiger partial charge in [-0.2, -0.15) is 0 Å². The molecule has 0 aliphatic heterocycles. The lowest BCUT2D eigenvalue weighted by atomic mass is 10.7. The van der Waals surface area contributed by atoms with Crippen molar-refractivity contribution < 1.29 is 1.37 Å². The second-order valence-electron chi connectivity index (χ2n) is 0.851. The van der Waals surface area contributed by atoms with Crippen LogP contribution in [0.25, 0.3) is 0 Å². The highest BCUT2D eigenvalue weighted by molar-refractivity contribution is 9.11. The average Bonchev–Trinajstić information content (AvgIpc) is 1.87. The van der Waals surface area contributed by atoms with E-state index in [1.54, 1.807) is 11.4 Å². The molecule has 1 aromatic heterocycles. The fourth-order valence-electron chi connectivity index (χ4n) is 0.224. The second-order valence-corrected chi connectivity index (χ2v) is 3.14. The predicted octanol–water partition coefficient (Wildman–Crippen LogP) is 2.51. The lowest BCUT2D eigenvalue weighted by Gasteiger charge is -1.62. The molecule has 0 saturated heterocycles. The lowest BCUT2D eigenvalue weighted by Crippen LogP contribution is -1.29. The molecule has 0 saturated carbocycles. The zero-order valence-corrected chi connectivity index (χ0v) is 5.34. The van der Waals surface area contributed by atoms with E-state index in [1.165, 1.54) is 11.3 Å². The van der Waals surface area contributed by atoms with Crippen molar-refractivity contribution in [3.63, 3.8) is 0 Å². The van der Waals surface area contributed by atoms with E-state index in [2.05, 4.69) is 15.9 Å². The topological polar surface area (TPSA) is 0 Å². The molecule has 0 atom stereocenters. The van der Waals surface area contributed by atoms with E-state index >= 15 is 0 Å². The van der Waals surface area contributed by atoms with Crippen LogP contribution in [0, 0.1) is 0 Å². The van der Waals surface area contributed by atoms with Crippen LogP contribution in [0.3, 0.4) is 0 Å². The van der Waals surface area contributed by atoms with Crippen molar-refractivity contribution in [2.45, 2.75) is 0 Å². The molecule has 0 N–H and O–H groups in total. The van der Waals surface area contributed by atoms with Gasteiger partial charge in [0.1, 0.15) is 0 Å². The van der Waals surface area contributed by atoms with Crippen LogP contribution in [0.5, 0.6) is 0 Å². The van der Waals surface area contributed by atoms with E-state index in [0.717, 1.165) is 3.79 Å². The number of hydrogen-bond acceptors (Lipinski definition) is 1. The molecule has 1 heterocycles. The van der Waals surface area contributed by atoms with Crippen LogP contribution in [-0.2, 0) is 0 Å². The van der Waals surface area contributed by atoms with Gasteiger partial charge >= 0.3 is 0 Å². The Bertz CT molecular complexity index is 144. The number of rotatable bonds is 0. The molecular weight excluding hydrogens is 160 g/mol. The van der Waals surface area contributed by atoms with Crippen molar-refractivity contribution >= 4 is 27.3 Å². The van der Waals surface area contributed by atoms with Gasteiger partial charge in [0, 0.05) is 0 Å². The molecule has 0 aliphatic carbocycles. The molecule has 2 heteroatoms. The summed E-state index contributed by atoms with van der Waals surface area (Å²) >= 11 is 4.76. The highest BCUT2D eigenvalue weighted by atomic mass is 79.9. The Morgan fingerprint density at radius 3 is 3.00 bits per heavy atom. The smallest absolute Gasteiger partial charge is 0.0698 e. The number of hydrogen-bond donors (Lipinski definition) is 0. The SMILES string of the molecule is [2H]c1csc(Br)c1. The first-order valence-corrected chi connectivity index (χ1v) is 3.17. The third kappa shape index (κ3) is 0.820. The molecular formula is C4H3BrS. The van der Waals surface area contributed by atoms with Gasteiger partial charge in [0.05, 0.1) is 5.16 Å². The maximum Gasteiger partial charge on any atom is 0.0698 e. The van der Waals surface area contributed by atoms with Crippen LogP contribution in [-0.4, -0.2) is 0 Å². The van der Waals surface area contributed by atoms with Crippen LogP contribution in [0.15, 0.2) is 21.3 Å². The summed E-state index contributed by atoms with van der Waals surface area (Å²) < 4.78 is 8.02. The van der Waals surface area contributed by atoms with Gasteiger partial charge in [-0.25, -0.2) is 0 Å². The average molecular weight is 164 g/mol. The van der Waals surface area contributed by atoms with Crippen molar-refractivity contribution in [3.05, 3.63) is 21.3 Å². The highest BCUT2D eigenvalue weighted by Gasteiger charge is 1.77. The van der Waals surface area contributed by atoms with Crippen molar-refractivity contribution in [2.24, 2.45) is 0 Å². The van der Waals surface area contributed by atoms with E-state index in [-0.39, 0.29) is 0 Å². The molecule has 0 unspecified atom stereocenters. The van der Waals surface area contributed by atoms with E-state index < -0.39 is 0 Å². The van der Waals surface area contributed by atoms with Crippen LogP contribution in [0.2, 0.25) is 0 Å². The zero-order chi connectivity index (χ0) is 5.28. The van der Waals surface area contributed by atoms with Crippen LogP contribution < -0.4 is 0 Å². The summed E-state index contributed by atoms with van der Waals surface area (Å²) in [6.07, 6.45) is 0. The number of thiophene rings is 1. The minimum atomic E-state index is 0.580. The Balaban J connectivity index is 3.04. The molecule has 0 amide bonds. The van der Waals surface area contributed by atoms with E-state index in [9.17, 15) is 0 Å². The fraction of sp³-hybridized carbons (Fsp3) is 0. The maximum absolute atomic E-state index is 7.00. The highest BCUT2D eigenvalue weighted by Crippen LogP contribution is 2.14. The second kappa shape index (κ2) is 1.76. The first-order chi connectivity index (χ1) is 3.29. The Hall–Kier alpha value is 0.180. The van der Waals surface area contributed by atoms with Crippen LogP contribution in [0.1, 0.15) is 1.37 Å². The lowest BCUT2D eigenvalue weighted by molar-refractivity contribution is 1.97. The summed E-state index contributed by atoms with van der Waals surface area (Å²) in [5.74, 6) is 0. The molecule has 6 heavy (non-hydrogen) atoms. The standard InChI is InChI=1S/C4H3BrS/c5-4-2-1-3-6-4/h1-3H/i1D. The van der Waals surface area contributed by atoms with Crippen molar-refractivity contribution in [1.29, 1.82) is 0 Å².